The summed E-state index contributed by atoms with van der Waals surface area (Å²) in [7, 11) is 1.61. The van der Waals surface area contributed by atoms with Crippen LogP contribution in [0, 0.1) is 0 Å². The first-order chi connectivity index (χ1) is 8.76. The molecule has 0 saturated heterocycles. The van der Waals surface area contributed by atoms with Crippen molar-refractivity contribution in [1.29, 1.82) is 0 Å². The van der Waals surface area contributed by atoms with E-state index in [9.17, 15) is 4.79 Å². The summed E-state index contributed by atoms with van der Waals surface area (Å²) in [6.07, 6.45) is 3.90. The van der Waals surface area contributed by atoms with Crippen LogP contribution in [0.1, 0.15) is 12.0 Å². The number of carbonyl (C=O) groups excluding carboxylic acids is 1. The molecular formula is C13H18N2O3. The van der Waals surface area contributed by atoms with Crippen molar-refractivity contribution < 1.29 is 14.6 Å². The topological polar surface area (TPSA) is 70.6 Å². The number of hydrogen-bond donors (Lipinski definition) is 3. The minimum atomic E-state index is -0.284. The molecule has 0 atom stereocenters. The van der Waals surface area contributed by atoms with Gasteiger partial charge in [0.05, 0.1) is 7.11 Å². The number of amides is 2. The van der Waals surface area contributed by atoms with E-state index in [0.717, 1.165) is 11.3 Å². The van der Waals surface area contributed by atoms with Crippen molar-refractivity contribution in [1.82, 2.24) is 10.6 Å². The number of methoxy groups -OCH3 is 1. The number of aliphatic hydroxyl groups excluding tert-OH is 1. The predicted molar refractivity (Wildman–Crippen MR) is 70.3 cm³/mol. The molecule has 0 unspecified atom stereocenters. The Labute approximate surface area is 106 Å². The number of aliphatic hydroxyl groups is 1. The van der Waals surface area contributed by atoms with Gasteiger partial charge in [0.1, 0.15) is 5.75 Å². The standard InChI is InChI=1S/C13H18N2O3/c1-18-12-5-3-11(4-6-12)7-9-15-13(17)14-8-2-10-16/h3-7,9,16H,2,8,10H2,1H3,(H2,14,15,17)/b9-7+. The molecule has 0 aromatic heterocycles. The molecule has 98 valence electrons. The Balaban J connectivity index is 2.32. The van der Waals surface area contributed by atoms with Crippen molar-refractivity contribution >= 4 is 12.1 Å². The number of benzene rings is 1. The second-order valence-corrected chi connectivity index (χ2v) is 3.58. The number of ether oxygens (including phenoxy) is 1. The van der Waals surface area contributed by atoms with Gasteiger partial charge in [0.25, 0.3) is 0 Å². The second-order valence-electron chi connectivity index (χ2n) is 3.58. The predicted octanol–water partition coefficient (Wildman–Crippen LogP) is 1.35. The van der Waals surface area contributed by atoms with Crippen LogP contribution in [0.3, 0.4) is 0 Å². The van der Waals surface area contributed by atoms with E-state index in [0.29, 0.717) is 13.0 Å². The lowest BCUT2D eigenvalue weighted by Gasteiger charge is -2.02. The molecule has 0 aliphatic rings. The SMILES string of the molecule is COc1ccc(/C=C/NC(=O)NCCCO)cc1. The molecule has 2 amide bonds. The van der Waals surface area contributed by atoms with Crippen LogP contribution in [0.15, 0.2) is 30.5 Å². The summed E-state index contributed by atoms with van der Waals surface area (Å²) in [5.41, 5.74) is 0.964. The number of nitrogens with one attached hydrogen (secondary N) is 2. The van der Waals surface area contributed by atoms with Crippen molar-refractivity contribution in [2.45, 2.75) is 6.42 Å². The summed E-state index contributed by atoms with van der Waals surface area (Å²) >= 11 is 0. The molecule has 1 aromatic rings. The van der Waals surface area contributed by atoms with E-state index in [-0.39, 0.29) is 12.6 Å². The molecule has 18 heavy (non-hydrogen) atoms. The zero-order valence-corrected chi connectivity index (χ0v) is 10.3. The Morgan fingerprint density at radius 2 is 2.11 bits per heavy atom. The third-order valence-corrected chi connectivity index (χ3v) is 2.23. The highest BCUT2D eigenvalue weighted by molar-refractivity contribution is 5.75. The first-order valence-corrected chi connectivity index (χ1v) is 5.72. The van der Waals surface area contributed by atoms with E-state index in [1.807, 2.05) is 24.3 Å². The maximum absolute atomic E-state index is 11.2. The van der Waals surface area contributed by atoms with Gasteiger partial charge < -0.3 is 20.5 Å². The van der Waals surface area contributed by atoms with Gasteiger partial charge in [-0.05, 0) is 30.2 Å². The fourth-order valence-corrected chi connectivity index (χ4v) is 1.26. The van der Waals surface area contributed by atoms with Gasteiger partial charge in [-0.3, -0.25) is 0 Å². The average molecular weight is 250 g/mol. The molecular weight excluding hydrogens is 232 g/mol. The van der Waals surface area contributed by atoms with Crippen molar-refractivity contribution in [2.24, 2.45) is 0 Å². The summed E-state index contributed by atoms with van der Waals surface area (Å²) in [5, 5.41) is 13.7. The van der Waals surface area contributed by atoms with Crippen LogP contribution in [0.5, 0.6) is 5.75 Å². The van der Waals surface area contributed by atoms with Crippen LogP contribution in [0.2, 0.25) is 0 Å². The largest absolute Gasteiger partial charge is 0.497 e. The summed E-state index contributed by atoms with van der Waals surface area (Å²) in [5.74, 6) is 0.793. The van der Waals surface area contributed by atoms with E-state index >= 15 is 0 Å². The van der Waals surface area contributed by atoms with Gasteiger partial charge in [-0.25, -0.2) is 4.79 Å². The van der Waals surface area contributed by atoms with Crippen molar-refractivity contribution in [3.05, 3.63) is 36.0 Å². The third kappa shape index (κ3) is 5.36. The highest BCUT2D eigenvalue weighted by atomic mass is 16.5. The fraction of sp³-hybridized carbons (Fsp3) is 0.308. The van der Waals surface area contributed by atoms with E-state index in [1.54, 1.807) is 19.4 Å². The van der Waals surface area contributed by atoms with Crippen LogP contribution in [0.25, 0.3) is 6.08 Å². The van der Waals surface area contributed by atoms with Gasteiger partial charge in [0, 0.05) is 19.4 Å². The smallest absolute Gasteiger partial charge is 0.318 e. The Kier molecular flexibility index (Phi) is 6.35. The lowest BCUT2D eigenvalue weighted by Crippen LogP contribution is -2.33. The molecule has 0 aliphatic heterocycles. The normalized spacial score (nSPS) is 10.3. The third-order valence-electron chi connectivity index (χ3n) is 2.23. The summed E-state index contributed by atoms with van der Waals surface area (Å²) < 4.78 is 5.04. The molecule has 0 saturated carbocycles. The van der Waals surface area contributed by atoms with Gasteiger partial charge in [-0.1, -0.05) is 12.1 Å². The number of hydrogen-bond acceptors (Lipinski definition) is 3. The number of rotatable bonds is 6. The van der Waals surface area contributed by atoms with E-state index in [2.05, 4.69) is 10.6 Å². The Morgan fingerprint density at radius 3 is 2.72 bits per heavy atom. The molecule has 0 aliphatic carbocycles. The molecule has 3 N–H and O–H groups in total. The first-order valence-electron chi connectivity index (χ1n) is 5.72. The van der Waals surface area contributed by atoms with Crippen molar-refractivity contribution in [2.75, 3.05) is 20.3 Å². The highest BCUT2D eigenvalue weighted by Gasteiger charge is 1.95. The van der Waals surface area contributed by atoms with Crippen molar-refractivity contribution in [3.8, 4) is 5.75 Å². The lowest BCUT2D eigenvalue weighted by molar-refractivity contribution is 0.241. The van der Waals surface area contributed by atoms with Gasteiger partial charge in [0.2, 0.25) is 0 Å². The Hall–Kier alpha value is -2.01. The zero-order chi connectivity index (χ0) is 13.2. The van der Waals surface area contributed by atoms with E-state index in [4.69, 9.17) is 9.84 Å². The van der Waals surface area contributed by atoms with E-state index < -0.39 is 0 Å². The van der Waals surface area contributed by atoms with Crippen LogP contribution in [0.4, 0.5) is 4.79 Å². The van der Waals surface area contributed by atoms with Gasteiger partial charge in [0.15, 0.2) is 0 Å². The Bertz CT molecular complexity index is 388. The number of carbonyl (C=O) groups is 1. The molecule has 5 heteroatoms. The van der Waals surface area contributed by atoms with Crippen LogP contribution in [-0.2, 0) is 0 Å². The molecule has 1 rings (SSSR count). The molecule has 0 bridgehead atoms. The molecule has 0 radical (unpaired) electrons. The van der Waals surface area contributed by atoms with E-state index in [1.165, 1.54) is 0 Å². The number of urea groups is 1. The van der Waals surface area contributed by atoms with Crippen LogP contribution in [-0.4, -0.2) is 31.4 Å². The molecule has 5 nitrogen and oxygen atoms in total. The quantitative estimate of drug-likeness (QED) is 0.667. The van der Waals surface area contributed by atoms with Gasteiger partial charge in [-0.2, -0.15) is 0 Å². The molecule has 0 fully saturated rings. The minimum Gasteiger partial charge on any atom is -0.497 e. The molecule has 0 spiro atoms. The maximum atomic E-state index is 11.2. The fourth-order valence-electron chi connectivity index (χ4n) is 1.26. The van der Waals surface area contributed by atoms with Crippen LogP contribution >= 0.6 is 0 Å². The Morgan fingerprint density at radius 1 is 1.39 bits per heavy atom. The molecule has 1 aromatic carbocycles. The average Bonchev–Trinajstić information content (AvgIpc) is 2.40. The zero-order valence-electron chi connectivity index (χ0n) is 10.3. The first kappa shape index (κ1) is 14.1. The second kappa shape index (κ2) is 8.14. The minimum absolute atomic E-state index is 0.0714. The van der Waals surface area contributed by atoms with Gasteiger partial charge in [-0.15, -0.1) is 0 Å². The summed E-state index contributed by atoms with van der Waals surface area (Å²) in [6, 6.07) is 7.19. The monoisotopic (exact) mass is 250 g/mol. The lowest BCUT2D eigenvalue weighted by atomic mass is 10.2. The van der Waals surface area contributed by atoms with Crippen molar-refractivity contribution in [3.63, 3.8) is 0 Å². The van der Waals surface area contributed by atoms with Crippen LogP contribution < -0.4 is 15.4 Å². The maximum Gasteiger partial charge on any atom is 0.318 e. The van der Waals surface area contributed by atoms with Gasteiger partial charge >= 0.3 is 6.03 Å². The highest BCUT2D eigenvalue weighted by Crippen LogP contribution is 2.11. The summed E-state index contributed by atoms with van der Waals surface area (Å²) in [4.78, 5) is 11.2. The molecule has 0 heterocycles. The summed E-state index contributed by atoms with van der Waals surface area (Å²) in [6.45, 7) is 0.528.